The van der Waals surface area contributed by atoms with Crippen molar-refractivity contribution in [2.45, 2.75) is 25.9 Å². The molecule has 2 unspecified atom stereocenters. The molecule has 3 heteroatoms. The molecule has 0 saturated carbocycles. The Labute approximate surface area is 53.0 Å². The average Bonchev–Trinajstić information content (AvgIpc) is 1.96. The number of ether oxygens (including phenoxy) is 1. The Morgan fingerprint density at radius 1 is 1.44 bits per heavy atom. The molecule has 0 aromatic rings. The van der Waals surface area contributed by atoms with Crippen molar-refractivity contribution in [3.63, 3.8) is 0 Å². The van der Waals surface area contributed by atoms with E-state index < -0.39 is 17.9 Å². The first kappa shape index (κ1) is 6.93. The van der Waals surface area contributed by atoms with Crippen molar-refractivity contribution in [2.75, 3.05) is 6.61 Å². The van der Waals surface area contributed by atoms with Crippen molar-refractivity contribution in [1.82, 2.24) is 0 Å². The number of hydrogen-bond acceptors (Lipinski definition) is 1. The van der Waals surface area contributed by atoms with Crippen molar-refractivity contribution in [1.29, 1.82) is 0 Å². The fraction of sp³-hybridized carbons (Fsp3) is 1.00. The van der Waals surface area contributed by atoms with Crippen molar-refractivity contribution < 1.29 is 13.5 Å². The molecule has 0 radical (unpaired) electrons. The maximum Gasteiger partial charge on any atom is 0.278 e. The lowest BCUT2D eigenvalue weighted by Gasteiger charge is -2.15. The summed E-state index contributed by atoms with van der Waals surface area (Å²) < 4.78 is 29.9. The Hall–Kier alpha value is -0.180. The topological polar surface area (TPSA) is 9.23 Å². The largest absolute Gasteiger partial charge is 0.372 e. The van der Waals surface area contributed by atoms with Gasteiger partial charge in [0.1, 0.15) is 6.10 Å². The van der Waals surface area contributed by atoms with E-state index in [4.69, 9.17) is 4.74 Å². The number of alkyl halides is 2. The van der Waals surface area contributed by atoms with Gasteiger partial charge in [0.25, 0.3) is 5.92 Å². The number of rotatable bonds is 0. The lowest BCUT2D eigenvalue weighted by molar-refractivity contribution is -0.0754. The van der Waals surface area contributed by atoms with E-state index in [-0.39, 0.29) is 6.61 Å². The van der Waals surface area contributed by atoms with Crippen LogP contribution in [0.15, 0.2) is 0 Å². The Balaban J connectivity index is 2.66. The molecule has 0 aliphatic carbocycles. The smallest absolute Gasteiger partial charge is 0.278 e. The molecule has 1 saturated heterocycles. The summed E-state index contributed by atoms with van der Waals surface area (Å²) in [5.41, 5.74) is 0. The molecule has 0 N–H and O–H groups in total. The maximum atomic E-state index is 12.6. The van der Waals surface area contributed by atoms with Crippen LogP contribution in [0.3, 0.4) is 0 Å². The zero-order chi connectivity index (χ0) is 7.07. The number of hydrogen-bond donors (Lipinski definition) is 0. The molecule has 1 heterocycles. The molecule has 9 heavy (non-hydrogen) atoms. The predicted molar refractivity (Wildman–Crippen MR) is 29.5 cm³/mol. The third-order valence-corrected chi connectivity index (χ3v) is 1.80. The van der Waals surface area contributed by atoms with E-state index in [2.05, 4.69) is 0 Å². The molecule has 1 nitrogen and oxygen atoms in total. The normalized spacial score (nSPS) is 41.3. The highest BCUT2D eigenvalue weighted by molar-refractivity contribution is 4.85. The summed E-state index contributed by atoms with van der Waals surface area (Å²) >= 11 is 0. The lowest BCUT2D eigenvalue weighted by Crippen LogP contribution is -2.30. The Bertz CT molecular complexity index is 102. The van der Waals surface area contributed by atoms with Crippen LogP contribution in [0.25, 0.3) is 0 Å². The van der Waals surface area contributed by atoms with Crippen LogP contribution >= 0.6 is 0 Å². The quantitative estimate of drug-likeness (QED) is 0.492. The first-order valence-corrected chi connectivity index (χ1v) is 3.04. The van der Waals surface area contributed by atoms with Gasteiger partial charge in [0.15, 0.2) is 0 Å². The second-order valence-electron chi connectivity index (χ2n) is 2.55. The summed E-state index contributed by atoms with van der Waals surface area (Å²) in [6.07, 6.45) is -0.896. The summed E-state index contributed by atoms with van der Waals surface area (Å²) in [6, 6.07) is 0. The molecule has 0 aromatic carbocycles. The molecular weight excluding hydrogens is 126 g/mol. The van der Waals surface area contributed by atoms with Crippen LogP contribution in [-0.2, 0) is 4.74 Å². The van der Waals surface area contributed by atoms with Crippen LogP contribution < -0.4 is 0 Å². The molecule has 0 amide bonds. The summed E-state index contributed by atoms with van der Waals surface area (Å²) in [7, 11) is 0. The molecule has 1 rings (SSSR count). The van der Waals surface area contributed by atoms with Gasteiger partial charge in [-0.2, -0.15) is 0 Å². The summed E-state index contributed by atoms with van der Waals surface area (Å²) in [5, 5.41) is 0. The van der Waals surface area contributed by atoms with Crippen LogP contribution in [0.1, 0.15) is 13.8 Å². The second-order valence-corrected chi connectivity index (χ2v) is 2.55. The van der Waals surface area contributed by atoms with Gasteiger partial charge >= 0.3 is 0 Å². The van der Waals surface area contributed by atoms with Gasteiger partial charge in [0, 0.05) is 5.92 Å². The van der Waals surface area contributed by atoms with E-state index in [1.54, 1.807) is 0 Å². The van der Waals surface area contributed by atoms with Crippen LogP contribution in [0.5, 0.6) is 0 Å². The fourth-order valence-electron chi connectivity index (χ4n) is 0.912. The number of halogens is 2. The zero-order valence-corrected chi connectivity index (χ0v) is 5.53. The Morgan fingerprint density at radius 2 is 2.00 bits per heavy atom. The van der Waals surface area contributed by atoms with E-state index >= 15 is 0 Å². The first-order valence-electron chi connectivity index (χ1n) is 3.04. The highest BCUT2D eigenvalue weighted by Gasteiger charge is 2.48. The fourth-order valence-corrected chi connectivity index (χ4v) is 0.912. The standard InChI is InChI=1S/C6H10F2O/c1-4-3-9-5(2)6(4,7)8/h4-5H,3H2,1-2H3. The monoisotopic (exact) mass is 136 g/mol. The Kier molecular flexibility index (Phi) is 1.47. The Morgan fingerprint density at radius 3 is 2.11 bits per heavy atom. The highest BCUT2D eigenvalue weighted by atomic mass is 19.3. The predicted octanol–water partition coefficient (Wildman–Crippen LogP) is 1.68. The molecule has 1 aliphatic rings. The summed E-state index contributed by atoms with van der Waals surface area (Å²) in [4.78, 5) is 0. The van der Waals surface area contributed by atoms with Crippen LogP contribution in [0, 0.1) is 5.92 Å². The van der Waals surface area contributed by atoms with Crippen molar-refractivity contribution in [3.05, 3.63) is 0 Å². The molecule has 1 aliphatic heterocycles. The molecule has 0 spiro atoms. The van der Waals surface area contributed by atoms with E-state index in [1.807, 2.05) is 0 Å². The van der Waals surface area contributed by atoms with Crippen molar-refractivity contribution in [2.24, 2.45) is 5.92 Å². The minimum absolute atomic E-state index is 0.189. The maximum absolute atomic E-state index is 12.6. The molecule has 2 atom stereocenters. The minimum Gasteiger partial charge on any atom is -0.372 e. The van der Waals surface area contributed by atoms with Gasteiger partial charge in [-0.15, -0.1) is 0 Å². The van der Waals surface area contributed by atoms with E-state index in [0.29, 0.717) is 0 Å². The minimum atomic E-state index is -2.61. The van der Waals surface area contributed by atoms with Crippen LogP contribution in [0.4, 0.5) is 8.78 Å². The zero-order valence-electron chi connectivity index (χ0n) is 5.53. The van der Waals surface area contributed by atoms with Gasteiger partial charge in [-0.05, 0) is 6.92 Å². The molecule has 54 valence electrons. The molecular formula is C6H10F2O. The van der Waals surface area contributed by atoms with E-state index in [1.165, 1.54) is 13.8 Å². The lowest BCUT2D eigenvalue weighted by atomic mass is 10.0. The van der Waals surface area contributed by atoms with Crippen molar-refractivity contribution in [3.8, 4) is 0 Å². The van der Waals surface area contributed by atoms with Gasteiger partial charge in [0.05, 0.1) is 6.61 Å². The second kappa shape index (κ2) is 1.90. The molecule has 0 aromatic heterocycles. The van der Waals surface area contributed by atoms with Crippen LogP contribution in [0.2, 0.25) is 0 Å². The van der Waals surface area contributed by atoms with E-state index in [0.717, 1.165) is 0 Å². The van der Waals surface area contributed by atoms with Gasteiger partial charge in [0.2, 0.25) is 0 Å². The van der Waals surface area contributed by atoms with Crippen molar-refractivity contribution >= 4 is 0 Å². The third kappa shape index (κ3) is 0.936. The van der Waals surface area contributed by atoms with Gasteiger partial charge in [-0.1, -0.05) is 6.92 Å². The summed E-state index contributed by atoms with van der Waals surface area (Å²) in [5.74, 6) is -3.23. The highest BCUT2D eigenvalue weighted by Crippen LogP contribution is 2.35. The van der Waals surface area contributed by atoms with Gasteiger partial charge in [-0.3, -0.25) is 0 Å². The van der Waals surface area contributed by atoms with Crippen LogP contribution in [-0.4, -0.2) is 18.6 Å². The van der Waals surface area contributed by atoms with Gasteiger partial charge < -0.3 is 4.74 Å². The summed E-state index contributed by atoms with van der Waals surface area (Å²) in [6.45, 7) is 3.10. The SMILES string of the molecule is CC1COC(C)C1(F)F. The van der Waals surface area contributed by atoms with Gasteiger partial charge in [-0.25, -0.2) is 8.78 Å². The molecule has 0 bridgehead atoms. The third-order valence-electron chi connectivity index (χ3n) is 1.80. The average molecular weight is 136 g/mol. The van der Waals surface area contributed by atoms with E-state index in [9.17, 15) is 8.78 Å². The molecule has 1 fully saturated rings. The first-order chi connectivity index (χ1) is 4.05.